The van der Waals surface area contributed by atoms with Crippen molar-refractivity contribution in [3.05, 3.63) is 225 Å². The monoisotopic (exact) mass is 1470 g/mol. The first-order valence-corrected chi connectivity index (χ1v) is 35.7. The summed E-state index contributed by atoms with van der Waals surface area (Å²) < 4.78 is 17.9. The summed E-state index contributed by atoms with van der Waals surface area (Å²) in [6.45, 7) is 12.6. The standard InChI is InChI=1S/C23H19NO6.C22H18N2O3S.C10H14N2O3.C10H14N2OS2.C10H9NO2.CO2/c1-2-24-21(27)12-3-6-16-15(9-12)22(28)30-23(16)17-7-4-13(25)10-19(17)29-20-11-14(26)5-8-18(20)23;1-2-23-22(28)24-14-5-3-13(4-6-14)21-17-9-7-15(25)11-19(17)27-20-12-16(26)8-10-18(20)21;1-2-11-8(13)4-3-7-12-9(14)5-6-10(12)15;1-2-11-9(13)6-8-14-15-10-5-3-4-7-12-10;1-2-11-9(12)7-5-3-4-6-8(7)10(11)13;2-1-3/h3-11,17,19,25-26H,2H2,1H3,(H,24,27);3-12,25H,2H2,1H3,(H2,23,24,28);5-6H,2-4,7H2,1H3,(H,11,13);3-5,7H,2,6,8H2,1H3,(H,11,13);3-6H,2H2,1H3;. The number of phenols is 2. The van der Waals surface area contributed by atoms with Crippen LogP contribution in [0.15, 0.2) is 196 Å². The molecule has 1 aromatic heterocycles. The molecule has 6 aromatic rings. The molecule has 13 rings (SSSR count). The number of esters is 1. The van der Waals surface area contributed by atoms with Gasteiger partial charge in [0.05, 0.1) is 22.6 Å². The van der Waals surface area contributed by atoms with Gasteiger partial charge in [-0.15, -0.1) is 0 Å². The summed E-state index contributed by atoms with van der Waals surface area (Å²) >= 11 is 5.22. The third kappa shape index (κ3) is 19.3. The molecule has 6 heterocycles. The molecule has 0 bridgehead atoms. The van der Waals surface area contributed by atoms with E-state index >= 15 is 0 Å². The summed E-state index contributed by atoms with van der Waals surface area (Å²) in [4.78, 5) is 127. The van der Waals surface area contributed by atoms with Crippen LogP contribution in [0.1, 0.15) is 106 Å². The third-order valence-corrected chi connectivity index (χ3v) is 18.5. The molecule has 0 saturated carbocycles. The highest BCUT2D eigenvalue weighted by Crippen LogP contribution is 2.56. The minimum Gasteiger partial charge on any atom is -0.508 e. The number of pyridine rings is 1. The number of nitrogens with one attached hydrogen (secondary N) is 5. The third-order valence-electron chi connectivity index (χ3n) is 16.0. The Hall–Kier alpha value is -11.7. The molecule has 1 spiro atoms. The largest absolute Gasteiger partial charge is 0.508 e. The summed E-state index contributed by atoms with van der Waals surface area (Å²) in [5.74, 6) is -0.300. The highest BCUT2D eigenvalue weighted by atomic mass is 33.1. The number of rotatable bonds is 17. The highest BCUT2D eigenvalue weighted by Gasteiger charge is 2.58. The zero-order valence-corrected chi connectivity index (χ0v) is 59.5. The van der Waals surface area contributed by atoms with Crippen molar-refractivity contribution in [1.29, 1.82) is 0 Å². The number of nitrogens with zero attached hydrogens (tertiary/aromatic N) is 3. The van der Waals surface area contributed by atoms with Crippen molar-refractivity contribution < 1.29 is 77.2 Å². The molecule has 7 amide bonds. The number of carbonyl (C=O) groups is 8. The topological polar surface area (TPSA) is 360 Å². The number of carbonyl (C=O) groups excluding carboxylic acids is 10. The van der Waals surface area contributed by atoms with Crippen LogP contribution < -0.4 is 36.7 Å². The number of thiocarbonyl (C=S) groups is 1. The number of phenolic OH excluding ortho intramolecular Hbond substituents is 2. The van der Waals surface area contributed by atoms with Crippen molar-refractivity contribution in [3.63, 3.8) is 0 Å². The molecule has 3 unspecified atom stereocenters. The lowest BCUT2D eigenvalue weighted by molar-refractivity contribution is -0.191. The van der Waals surface area contributed by atoms with Gasteiger partial charge in [-0.05, 0) is 167 Å². The van der Waals surface area contributed by atoms with Crippen molar-refractivity contribution in [3.8, 4) is 39.7 Å². The maximum atomic E-state index is 13.0. The van der Waals surface area contributed by atoms with Gasteiger partial charge in [-0.1, -0.05) is 53.3 Å². The molecule has 3 atom stereocenters. The molecule has 28 heteroatoms. The van der Waals surface area contributed by atoms with Gasteiger partial charge < -0.3 is 55.8 Å². The molecular formula is C76H74N8O17S3. The number of aromatic hydroxyl groups is 2. The Morgan fingerprint density at radius 3 is 1.93 bits per heavy atom. The number of anilines is 1. The van der Waals surface area contributed by atoms with Gasteiger partial charge in [-0.25, -0.2) is 9.78 Å². The van der Waals surface area contributed by atoms with Crippen LogP contribution >= 0.6 is 33.8 Å². The van der Waals surface area contributed by atoms with E-state index < -0.39 is 23.6 Å². The van der Waals surface area contributed by atoms with E-state index in [1.165, 1.54) is 41.3 Å². The average Bonchev–Trinajstić information content (AvgIpc) is 1.50. The van der Waals surface area contributed by atoms with Crippen LogP contribution in [0.5, 0.6) is 17.2 Å². The summed E-state index contributed by atoms with van der Waals surface area (Å²) in [6, 6.07) is 39.9. The Morgan fingerprint density at radius 2 is 1.29 bits per heavy atom. The van der Waals surface area contributed by atoms with Crippen LogP contribution in [0, 0.1) is 5.92 Å². The molecule has 0 radical (unpaired) electrons. The zero-order chi connectivity index (χ0) is 75.0. The van der Waals surface area contributed by atoms with Crippen LogP contribution in [-0.2, 0) is 39.1 Å². The molecule has 0 saturated heterocycles. The minimum atomic E-state index is -1.20. The van der Waals surface area contributed by atoms with Gasteiger partial charge in [-0.2, -0.15) is 9.59 Å². The van der Waals surface area contributed by atoms with Crippen LogP contribution in [0.25, 0.3) is 33.4 Å². The van der Waals surface area contributed by atoms with Gasteiger partial charge in [0, 0.05) is 133 Å². The van der Waals surface area contributed by atoms with Gasteiger partial charge in [0.1, 0.15) is 45.5 Å². The highest BCUT2D eigenvalue weighted by molar-refractivity contribution is 8.76. The number of fused-ring (bicyclic) bond motifs is 9. The molecule has 7 aliphatic rings. The van der Waals surface area contributed by atoms with Crippen molar-refractivity contribution in [2.75, 3.05) is 50.3 Å². The van der Waals surface area contributed by atoms with E-state index in [1.807, 2.05) is 76.2 Å². The first kappa shape index (κ1) is 78.0. The number of imide groups is 2. The molecule has 5 aliphatic heterocycles. The number of ether oxygens (including phenoxy) is 2. The molecule has 538 valence electrons. The van der Waals surface area contributed by atoms with E-state index in [-0.39, 0.29) is 70.2 Å². The normalized spacial score (nSPS) is 15.8. The number of aliphatic hydroxyl groups is 1. The molecule has 104 heavy (non-hydrogen) atoms. The van der Waals surface area contributed by atoms with Gasteiger partial charge in [0.2, 0.25) is 11.8 Å². The SMILES string of the molecule is CCN1C(=O)c2ccccc2C1=O.CCNC(=O)CCCN1C(=O)C=CC1=O.CCNC(=O)CCSSc1ccccn1.CCNC(=O)c1ccc2c(c1)C(=O)OC21c2ccc(O)cc2OC2C=C(O)C=CC21.CCNC(=S)Nc1ccc(-c2c3ccc(=O)cc-3oc3cc(O)ccc23)cc1.O=C=O. The predicted molar refractivity (Wildman–Crippen MR) is 395 cm³/mol. The molecule has 5 aromatic carbocycles. The van der Waals surface area contributed by atoms with Crippen molar-refractivity contribution in [2.24, 2.45) is 5.92 Å². The molecule has 25 nitrogen and oxygen atoms in total. The minimum absolute atomic E-state index is 0.0121. The Labute approximate surface area is 610 Å². The van der Waals surface area contributed by atoms with Gasteiger partial charge >= 0.3 is 12.1 Å². The first-order valence-electron chi connectivity index (χ1n) is 33.0. The van der Waals surface area contributed by atoms with Crippen LogP contribution in [0.2, 0.25) is 0 Å². The Kier molecular flexibility index (Phi) is 28.0. The quantitative estimate of drug-likeness (QED) is 0.0105. The number of aliphatic hydroxyl groups excluding tert-OH is 1. The number of hydrogen-bond donors (Lipinski definition) is 8. The molecule has 8 N–H and O–H groups in total. The second-order valence-corrected chi connectivity index (χ2v) is 25.7. The fourth-order valence-electron chi connectivity index (χ4n) is 11.5. The Balaban J connectivity index is 0.000000170. The summed E-state index contributed by atoms with van der Waals surface area (Å²) in [5.41, 5.74) is 5.75. The van der Waals surface area contributed by atoms with Crippen LogP contribution in [0.4, 0.5) is 5.69 Å². The molecule has 0 fully saturated rings. The molecule has 2 aliphatic carbocycles. The van der Waals surface area contributed by atoms with Gasteiger partial charge in [0.25, 0.3) is 29.5 Å². The Bertz CT molecular complexity index is 4620. The van der Waals surface area contributed by atoms with Gasteiger partial charge in [-0.3, -0.25) is 48.2 Å². The van der Waals surface area contributed by atoms with E-state index in [4.69, 9.17) is 35.7 Å². The number of benzene rings is 6. The smallest absolute Gasteiger partial charge is 0.373 e. The van der Waals surface area contributed by atoms with E-state index in [1.54, 1.807) is 120 Å². The van der Waals surface area contributed by atoms with Crippen molar-refractivity contribution >= 4 is 109 Å². The Morgan fingerprint density at radius 1 is 0.654 bits per heavy atom. The van der Waals surface area contributed by atoms with E-state index in [2.05, 4.69) is 31.6 Å². The van der Waals surface area contributed by atoms with E-state index in [0.29, 0.717) is 108 Å². The number of hydrogen-bond acceptors (Lipinski definition) is 21. The average molecular weight is 1470 g/mol. The van der Waals surface area contributed by atoms with Crippen LogP contribution in [-0.4, -0.2) is 140 Å². The number of allylic oxidation sites excluding steroid dienone is 1. The zero-order valence-electron chi connectivity index (χ0n) is 57.1. The second-order valence-electron chi connectivity index (χ2n) is 22.8. The second kappa shape index (κ2) is 37.3. The predicted octanol–water partition coefficient (Wildman–Crippen LogP) is 10.4. The summed E-state index contributed by atoms with van der Waals surface area (Å²) in [7, 11) is 3.26. The lowest BCUT2D eigenvalue weighted by Crippen LogP contribution is -2.48. The maximum Gasteiger partial charge on any atom is 0.373 e. The van der Waals surface area contributed by atoms with E-state index in [0.717, 1.165) is 50.0 Å². The fraction of sp³-hybridized carbons (Fsp3) is 0.237. The van der Waals surface area contributed by atoms with Crippen molar-refractivity contribution in [2.45, 2.75) is 70.6 Å². The fourth-order valence-corrected chi connectivity index (χ4v) is 13.6. The van der Waals surface area contributed by atoms with Gasteiger partial charge in [0.15, 0.2) is 16.1 Å². The number of aromatic nitrogens is 1. The summed E-state index contributed by atoms with van der Waals surface area (Å²) in [6.07, 6.45) is 10.2. The van der Waals surface area contributed by atoms with E-state index in [9.17, 15) is 58.5 Å². The first-order chi connectivity index (χ1) is 50.1. The maximum absolute atomic E-state index is 13.0. The lowest BCUT2D eigenvalue weighted by atomic mass is 9.70. The molecular weight excluding hydrogens is 1390 g/mol. The number of amides is 7. The lowest BCUT2D eigenvalue weighted by Gasteiger charge is -2.44. The van der Waals surface area contributed by atoms with Crippen molar-refractivity contribution in [1.82, 2.24) is 36.1 Å². The van der Waals surface area contributed by atoms with Crippen LogP contribution in [0.3, 0.4) is 0 Å². The summed E-state index contributed by atoms with van der Waals surface area (Å²) in [5, 5.41) is 46.5.